The number of aryl methyl sites for hydroxylation is 1. The van der Waals surface area contributed by atoms with Gasteiger partial charge in [-0.15, -0.1) is 0 Å². The Morgan fingerprint density at radius 3 is 3.10 bits per heavy atom. The quantitative estimate of drug-likeness (QED) is 0.873. The zero-order chi connectivity index (χ0) is 13.9. The molecule has 1 aromatic heterocycles. The average molecular weight is 271 g/mol. The number of aliphatic hydroxyl groups excluding tert-OH is 1. The molecule has 5 heteroatoms. The van der Waals surface area contributed by atoms with E-state index in [0.29, 0.717) is 19.4 Å². The fourth-order valence-corrected chi connectivity index (χ4v) is 2.64. The van der Waals surface area contributed by atoms with Crippen molar-refractivity contribution < 1.29 is 9.90 Å². The number of amides is 1. The molecule has 1 aliphatic rings. The maximum absolute atomic E-state index is 12.0. The van der Waals surface area contributed by atoms with Gasteiger partial charge in [-0.25, -0.2) is 4.98 Å². The van der Waals surface area contributed by atoms with Gasteiger partial charge in [0.2, 0.25) is 5.91 Å². The zero-order valence-corrected chi connectivity index (χ0v) is 11.1. The first kappa shape index (κ1) is 12.9. The van der Waals surface area contributed by atoms with Crippen molar-refractivity contribution in [3.05, 3.63) is 54.1 Å². The molecule has 0 aliphatic heterocycles. The fourth-order valence-electron chi connectivity index (χ4n) is 2.64. The molecule has 2 aromatic rings. The van der Waals surface area contributed by atoms with E-state index in [1.54, 1.807) is 12.5 Å². The van der Waals surface area contributed by atoms with E-state index < -0.39 is 6.10 Å². The summed E-state index contributed by atoms with van der Waals surface area (Å²) < 4.78 is 1.86. The molecule has 0 radical (unpaired) electrons. The maximum atomic E-state index is 12.0. The third-order valence-electron chi connectivity index (χ3n) is 3.68. The van der Waals surface area contributed by atoms with Gasteiger partial charge in [0, 0.05) is 31.8 Å². The van der Waals surface area contributed by atoms with Crippen LogP contribution < -0.4 is 5.32 Å². The highest BCUT2D eigenvalue weighted by Crippen LogP contribution is 2.31. The van der Waals surface area contributed by atoms with E-state index >= 15 is 0 Å². The SMILES string of the molecule is O=C(CCn1ccnc1)N[C@@H]1c2ccccc2C[C@@H]1O. The average Bonchev–Trinajstić information content (AvgIpc) is 3.06. The Bertz CT molecular complexity index is 595. The summed E-state index contributed by atoms with van der Waals surface area (Å²) in [4.78, 5) is 15.9. The number of nitrogens with one attached hydrogen (secondary N) is 1. The topological polar surface area (TPSA) is 67.2 Å². The number of aromatic nitrogens is 2. The standard InChI is InChI=1S/C15H17N3O2/c19-13-9-11-3-1-2-4-12(11)15(13)17-14(20)5-7-18-8-6-16-10-18/h1-4,6,8,10,13,15,19H,5,7,9H2,(H,17,20)/t13-,15+/m0/s1. The first-order valence-electron chi connectivity index (χ1n) is 6.75. The van der Waals surface area contributed by atoms with Crippen LogP contribution in [0.1, 0.15) is 23.6 Å². The number of aliphatic hydroxyl groups is 1. The van der Waals surface area contributed by atoms with E-state index in [1.807, 2.05) is 35.0 Å². The Morgan fingerprint density at radius 1 is 1.45 bits per heavy atom. The van der Waals surface area contributed by atoms with Crippen LogP contribution in [0.25, 0.3) is 0 Å². The summed E-state index contributed by atoms with van der Waals surface area (Å²) in [5.41, 5.74) is 2.14. The summed E-state index contributed by atoms with van der Waals surface area (Å²) in [5.74, 6) is -0.0561. The second-order valence-electron chi connectivity index (χ2n) is 5.07. The van der Waals surface area contributed by atoms with E-state index in [0.717, 1.165) is 11.1 Å². The predicted octanol–water partition coefficient (Wildman–Crippen LogP) is 1.05. The van der Waals surface area contributed by atoms with Crippen LogP contribution in [0.2, 0.25) is 0 Å². The Morgan fingerprint density at radius 2 is 2.30 bits per heavy atom. The van der Waals surface area contributed by atoms with Crippen LogP contribution >= 0.6 is 0 Å². The van der Waals surface area contributed by atoms with E-state index in [4.69, 9.17) is 0 Å². The summed E-state index contributed by atoms with van der Waals surface area (Å²) in [6, 6.07) is 7.56. The van der Waals surface area contributed by atoms with Gasteiger partial charge in [-0.3, -0.25) is 4.79 Å². The first-order valence-corrected chi connectivity index (χ1v) is 6.75. The molecular weight excluding hydrogens is 254 g/mol. The van der Waals surface area contributed by atoms with Gasteiger partial charge in [-0.1, -0.05) is 24.3 Å². The van der Waals surface area contributed by atoms with Crippen molar-refractivity contribution in [1.82, 2.24) is 14.9 Å². The summed E-state index contributed by atoms with van der Waals surface area (Å²) in [6.07, 6.45) is 5.64. The van der Waals surface area contributed by atoms with Crippen molar-refractivity contribution in [3.63, 3.8) is 0 Å². The smallest absolute Gasteiger partial charge is 0.222 e. The van der Waals surface area contributed by atoms with Gasteiger partial charge in [0.15, 0.2) is 0 Å². The molecule has 0 unspecified atom stereocenters. The van der Waals surface area contributed by atoms with E-state index in [-0.39, 0.29) is 11.9 Å². The van der Waals surface area contributed by atoms with Crippen LogP contribution in [0.15, 0.2) is 43.0 Å². The minimum Gasteiger partial charge on any atom is -0.390 e. The number of nitrogens with zero attached hydrogens (tertiary/aromatic N) is 2. The minimum absolute atomic E-state index is 0.0561. The van der Waals surface area contributed by atoms with Crippen molar-refractivity contribution in [2.45, 2.75) is 31.5 Å². The fraction of sp³-hybridized carbons (Fsp3) is 0.333. The first-order chi connectivity index (χ1) is 9.74. The molecular formula is C15H17N3O2. The Kier molecular flexibility index (Phi) is 3.52. The van der Waals surface area contributed by atoms with E-state index in [2.05, 4.69) is 10.3 Å². The number of rotatable bonds is 4. The van der Waals surface area contributed by atoms with Crippen LogP contribution in [0, 0.1) is 0 Å². The van der Waals surface area contributed by atoms with Crippen molar-refractivity contribution in [2.24, 2.45) is 0 Å². The summed E-state index contributed by atoms with van der Waals surface area (Å²) >= 11 is 0. The Balaban J connectivity index is 1.61. The van der Waals surface area contributed by atoms with E-state index in [9.17, 15) is 9.90 Å². The molecule has 1 heterocycles. The van der Waals surface area contributed by atoms with Gasteiger partial charge in [0.25, 0.3) is 0 Å². The van der Waals surface area contributed by atoms with Gasteiger partial charge >= 0.3 is 0 Å². The molecule has 0 saturated heterocycles. The molecule has 3 rings (SSSR count). The second-order valence-corrected chi connectivity index (χ2v) is 5.07. The Labute approximate surface area is 117 Å². The van der Waals surface area contributed by atoms with Gasteiger partial charge in [-0.05, 0) is 11.1 Å². The maximum Gasteiger partial charge on any atom is 0.222 e. The molecule has 1 amide bonds. The van der Waals surface area contributed by atoms with Crippen molar-refractivity contribution in [3.8, 4) is 0 Å². The van der Waals surface area contributed by atoms with Gasteiger partial charge < -0.3 is 15.0 Å². The van der Waals surface area contributed by atoms with Gasteiger partial charge in [0.05, 0.1) is 18.5 Å². The normalized spacial score (nSPS) is 20.6. The van der Waals surface area contributed by atoms with Crippen LogP contribution in [-0.2, 0) is 17.8 Å². The van der Waals surface area contributed by atoms with Crippen LogP contribution in [0.5, 0.6) is 0 Å². The zero-order valence-electron chi connectivity index (χ0n) is 11.1. The molecule has 1 aromatic carbocycles. The molecule has 5 nitrogen and oxygen atoms in total. The second kappa shape index (κ2) is 5.46. The number of benzene rings is 1. The number of carbonyl (C=O) groups excluding carboxylic acids is 1. The van der Waals surface area contributed by atoms with Crippen LogP contribution in [0.4, 0.5) is 0 Å². The number of hydrogen-bond acceptors (Lipinski definition) is 3. The number of carbonyl (C=O) groups is 1. The molecule has 1 aliphatic carbocycles. The number of hydrogen-bond donors (Lipinski definition) is 2. The molecule has 20 heavy (non-hydrogen) atoms. The van der Waals surface area contributed by atoms with Crippen LogP contribution in [0.3, 0.4) is 0 Å². The predicted molar refractivity (Wildman–Crippen MR) is 73.9 cm³/mol. The molecule has 104 valence electrons. The lowest BCUT2D eigenvalue weighted by Crippen LogP contribution is -2.34. The monoisotopic (exact) mass is 271 g/mol. The third kappa shape index (κ3) is 2.58. The highest BCUT2D eigenvalue weighted by Gasteiger charge is 2.31. The number of fused-ring (bicyclic) bond motifs is 1. The molecule has 0 saturated carbocycles. The van der Waals surface area contributed by atoms with Gasteiger partial charge in [-0.2, -0.15) is 0 Å². The molecule has 0 spiro atoms. The summed E-state index contributed by atoms with van der Waals surface area (Å²) in [5, 5.41) is 13.0. The third-order valence-corrected chi connectivity index (χ3v) is 3.68. The largest absolute Gasteiger partial charge is 0.390 e. The highest BCUT2D eigenvalue weighted by atomic mass is 16.3. The van der Waals surface area contributed by atoms with Crippen molar-refractivity contribution in [1.29, 1.82) is 0 Å². The lowest BCUT2D eigenvalue weighted by Gasteiger charge is -2.18. The van der Waals surface area contributed by atoms with Crippen molar-refractivity contribution in [2.75, 3.05) is 0 Å². The molecule has 2 atom stereocenters. The number of imidazole rings is 1. The lowest BCUT2D eigenvalue weighted by molar-refractivity contribution is -0.122. The molecule has 2 N–H and O–H groups in total. The minimum atomic E-state index is -0.537. The Hall–Kier alpha value is -2.14. The summed E-state index contributed by atoms with van der Waals surface area (Å²) in [7, 11) is 0. The highest BCUT2D eigenvalue weighted by molar-refractivity contribution is 5.76. The molecule has 0 bridgehead atoms. The van der Waals surface area contributed by atoms with Crippen LogP contribution in [-0.4, -0.2) is 26.7 Å². The van der Waals surface area contributed by atoms with E-state index in [1.165, 1.54) is 0 Å². The summed E-state index contributed by atoms with van der Waals surface area (Å²) in [6.45, 7) is 0.594. The lowest BCUT2D eigenvalue weighted by atomic mass is 10.1. The molecule has 0 fully saturated rings. The van der Waals surface area contributed by atoms with Gasteiger partial charge in [0.1, 0.15) is 0 Å². The van der Waals surface area contributed by atoms with Crippen molar-refractivity contribution >= 4 is 5.91 Å².